The molecule has 0 saturated carbocycles. The van der Waals surface area contributed by atoms with Crippen molar-refractivity contribution in [2.45, 2.75) is 19.5 Å². The zero-order valence-electron chi connectivity index (χ0n) is 12.0. The molecule has 0 fully saturated rings. The van der Waals surface area contributed by atoms with Crippen LogP contribution in [0.15, 0.2) is 53.9 Å². The minimum absolute atomic E-state index is 0.0938. The lowest BCUT2D eigenvalue weighted by atomic mass is 10.2. The summed E-state index contributed by atoms with van der Waals surface area (Å²) in [7, 11) is 0. The first-order valence-electron chi connectivity index (χ1n) is 6.88. The van der Waals surface area contributed by atoms with E-state index in [0.29, 0.717) is 13.1 Å². The van der Waals surface area contributed by atoms with E-state index in [1.807, 2.05) is 36.4 Å². The van der Waals surface area contributed by atoms with Crippen LogP contribution in [0.1, 0.15) is 17.8 Å². The Bertz CT molecular complexity index is 598. The van der Waals surface area contributed by atoms with Crippen LogP contribution < -0.4 is 0 Å². The number of rotatable bonds is 7. The van der Waals surface area contributed by atoms with E-state index in [0.717, 1.165) is 11.4 Å². The fourth-order valence-corrected chi connectivity index (χ4v) is 1.96. The maximum Gasteiger partial charge on any atom is 0.223 e. The molecule has 0 aliphatic rings. The quantitative estimate of drug-likeness (QED) is 0.446. The normalized spacial score (nSPS) is 9.82. The second-order valence-corrected chi connectivity index (χ2v) is 4.60. The summed E-state index contributed by atoms with van der Waals surface area (Å²) >= 11 is 0. The lowest BCUT2D eigenvalue weighted by Crippen LogP contribution is -2.31. The highest BCUT2D eigenvalue weighted by Crippen LogP contribution is 2.08. The Morgan fingerprint density at radius 1 is 1.09 bits per heavy atom. The Morgan fingerprint density at radius 2 is 1.68 bits per heavy atom. The molecule has 0 atom stereocenters. The van der Waals surface area contributed by atoms with Gasteiger partial charge in [-0.05, 0) is 29.8 Å². The van der Waals surface area contributed by atoms with Crippen LogP contribution in [0, 0.1) is 0 Å². The van der Waals surface area contributed by atoms with Gasteiger partial charge in [0.1, 0.15) is 0 Å². The summed E-state index contributed by atoms with van der Waals surface area (Å²) in [6.07, 6.45) is 3.56. The van der Waals surface area contributed by atoms with Crippen molar-refractivity contribution in [2.75, 3.05) is 6.54 Å². The summed E-state index contributed by atoms with van der Waals surface area (Å²) in [6.45, 7) is 0.940. The lowest BCUT2D eigenvalue weighted by molar-refractivity contribution is -0.132. The largest absolute Gasteiger partial charge is 0.331 e. The summed E-state index contributed by atoms with van der Waals surface area (Å²) in [5.41, 5.74) is 9.90. The highest BCUT2D eigenvalue weighted by molar-refractivity contribution is 5.76. The van der Waals surface area contributed by atoms with Crippen molar-refractivity contribution in [3.05, 3.63) is 70.6 Å². The fourth-order valence-electron chi connectivity index (χ4n) is 1.96. The second kappa shape index (κ2) is 8.39. The predicted molar refractivity (Wildman–Crippen MR) is 81.4 cm³/mol. The third-order valence-corrected chi connectivity index (χ3v) is 3.00. The van der Waals surface area contributed by atoms with Gasteiger partial charge in [-0.3, -0.25) is 14.8 Å². The second-order valence-electron chi connectivity index (χ2n) is 4.60. The Balaban J connectivity index is 2.09. The monoisotopic (exact) mass is 296 g/mol. The molecule has 0 aromatic carbocycles. The first-order valence-corrected chi connectivity index (χ1v) is 6.88. The molecule has 0 spiro atoms. The molecule has 0 N–H and O–H groups in total. The van der Waals surface area contributed by atoms with Gasteiger partial charge in [0.15, 0.2) is 0 Å². The molecule has 0 bridgehead atoms. The maximum atomic E-state index is 12.3. The van der Waals surface area contributed by atoms with Gasteiger partial charge in [-0.15, -0.1) is 0 Å². The predicted octanol–water partition coefficient (Wildman–Crippen LogP) is 2.71. The van der Waals surface area contributed by atoms with Gasteiger partial charge in [0, 0.05) is 30.3 Å². The summed E-state index contributed by atoms with van der Waals surface area (Å²) in [6, 6.07) is 11.2. The molecule has 2 aromatic heterocycles. The van der Waals surface area contributed by atoms with Crippen molar-refractivity contribution in [2.24, 2.45) is 5.11 Å². The molecule has 0 unspecified atom stereocenters. The van der Waals surface area contributed by atoms with Gasteiger partial charge in [0.25, 0.3) is 0 Å². The minimum Gasteiger partial charge on any atom is -0.331 e. The van der Waals surface area contributed by atoms with E-state index in [4.69, 9.17) is 5.53 Å². The van der Waals surface area contributed by atoms with E-state index in [2.05, 4.69) is 20.0 Å². The smallest absolute Gasteiger partial charge is 0.223 e. The van der Waals surface area contributed by atoms with E-state index >= 15 is 0 Å². The minimum atomic E-state index is -0.0938. The van der Waals surface area contributed by atoms with Crippen LogP contribution in [0.3, 0.4) is 0 Å². The van der Waals surface area contributed by atoms with Crippen molar-refractivity contribution in [3.63, 3.8) is 0 Å². The molecule has 0 radical (unpaired) electrons. The Morgan fingerprint density at radius 3 is 2.14 bits per heavy atom. The fraction of sp³-hybridized carbons (Fsp3) is 0.267. The molecular weight excluding hydrogens is 280 g/mol. The topological polar surface area (TPSA) is 94.9 Å². The summed E-state index contributed by atoms with van der Waals surface area (Å²) in [5.74, 6) is -0.0938. The van der Waals surface area contributed by atoms with Crippen LogP contribution in [-0.4, -0.2) is 27.3 Å². The van der Waals surface area contributed by atoms with Gasteiger partial charge < -0.3 is 4.90 Å². The third kappa shape index (κ3) is 4.88. The van der Waals surface area contributed by atoms with E-state index in [9.17, 15) is 4.79 Å². The first-order chi connectivity index (χ1) is 10.8. The molecular formula is C15H16N6O. The summed E-state index contributed by atoms with van der Waals surface area (Å²) in [4.78, 5) is 25.1. The van der Waals surface area contributed by atoms with Crippen molar-refractivity contribution in [3.8, 4) is 0 Å². The van der Waals surface area contributed by atoms with Crippen molar-refractivity contribution >= 4 is 5.91 Å². The van der Waals surface area contributed by atoms with Crippen LogP contribution in [0.5, 0.6) is 0 Å². The third-order valence-electron chi connectivity index (χ3n) is 3.00. The molecule has 7 nitrogen and oxygen atoms in total. The first kappa shape index (κ1) is 15.5. The average Bonchev–Trinajstić information content (AvgIpc) is 2.56. The highest BCUT2D eigenvalue weighted by Gasteiger charge is 2.15. The molecule has 112 valence electrons. The van der Waals surface area contributed by atoms with Crippen molar-refractivity contribution in [1.82, 2.24) is 14.9 Å². The number of hydrogen-bond donors (Lipinski definition) is 0. The number of carbonyl (C=O) groups is 1. The van der Waals surface area contributed by atoms with Crippen LogP contribution in [0.4, 0.5) is 0 Å². The molecule has 2 aromatic rings. The van der Waals surface area contributed by atoms with E-state index in [1.54, 1.807) is 17.3 Å². The number of amides is 1. The van der Waals surface area contributed by atoms with Crippen LogP contribution in [-0.2, 0) is 17.9 Å². The zero-order valence-corrected chi connectivity index (χ0v) is 12.0. The molecule has 22 heavy (non-hydrogen) atoms. The zero-order chi connectivity index (χ0) is 15.6. The molecule has 0 aliphatic heterocycles. The van der Waals surface area contributed by atoms with E-state index in [-0.39, 0.29) is 18.9 Å². The molecule has 0 saturated heterocycles. The van der Waals surface area contributed by atoms with Crippen LogP contribution in [0.25, 0.3) is 10.4 Å². The number of hydrogen-bond acceptors (Lipinski definition) is 4. The average molecular weight is 296 g/mol. The Hall–Kier alpha value is -2.92. The molecule has 2 rings (SSSR count). The Kier molecular flexibility index (Phi) is 5.90. The standard InChI is InChI=1S/C15H16N6O/c16-20-19-10-7-15(22)21(11-13-5-1-3-8-17-13)12-14-6-2-4-9-18-14/h1-6,8-9H,7,10-12H2. The van der Waals surface area contributed by atoms with Crippen molar-refractivity contribution < 1.29 is 4.79 Å². The highest BCUT2D eigenvalue weighted by atomic mass is 16.2. The number of pyridine rings is 2. The summed E-state index contributed by atoms with van der Waals surface area (Å²) in [5, 5.41) is 3.41. The van der Waals surface area contributed by atoms with Gasteiger partial charge >= 0.3 is 0 Å². The van der Waals surface area contributed by atoms with Crippen LogP contribution >= 0.6 is 0 Å². The van der Waals surface area contributed by atoms with E-state index < -0.39 is 0 Å². The number of nitrogens with zero attached hydrogens (tertiary/aromatic N) is 6. The van der Waals surface area contributed by atoms with E-state index in [1.165, 1.54) is 0 Å². The SMILES string of the molecule is [N-]=[N+]=NCCC(=O)N(Cc1ccccn1)Cc1ccccn1. The molecule has 0 aliphatic carbocycles. The van der Waals surface area contributed by atoms with Gasteiger partial charge in [0.05, 0.1) is 24.5 Å². The molecule has 7 heteroatoms. The maximum absolute atomic E-state index is 12.3. The Labute approximate surface area is 128 Å². The lowest BCUT2D eigenvalue weighted by Gasteiger charge is -2.22. The van der Waals surface area contributed by atoms with Crippen molar-refractivity contribution in [1.29, 1.82) is 0 Å². The van der Waals surface area contributed by atoms with Gasteiger partial charge in [-0.25, -0.2) is 0 Å². The molecule has 1 amide bonds. The number of aromatic nitrogens is 2. The van der Waals surface area contributed by atoms with Gasteiger partial charge in [0.2, 0.25) is 5.91 Å². The van der Waals surface area contributed by atoms with Gasteiger partial charge in [-0.2, -0.15) is 0 Å². The molecule has 2 heterocycles. The summed E-state index contributed by atoms with van der Waals surface area (Å²) < 4.78 is 0. The van der Waals surface area contributed by atoms with Gasteiger partial charge in [-0.1, -0.05) is 17.2 Å². The number of carbonyl (C=O) groups excluding carboxylic acids is 1. The number of azide groups is 1. The van der Waals surface area contributed by atoms with Crippen LogP contribution in [0.2, 0.25) is 0 Å².